The molecule has 1 heteroatoms. The summed E-state index contributed by atoms with van der Waals surface area (Å²) in [6, 6.07) is 8.45. The molecule has 2 aromatic rings. The van der Waals surface area contributed by atoms with Crippen LogP contribution in [0.3, 0.4) is 0 Å². The van der Waals surface area contributed by atoms with E-state index in [-0.39, 0.29) is 0 Å². The molecule has 0 aliphatic heterocycles. The van der Waals surface area contributed by atoms with E-state index in [2.05, 4.69) is 42.8 Å². The van der Waals surface area contributed by atoms with E-state index >= 15 is 0 Å². The molecule has 14 heavy (non-hydrogen) atoms. The third-order valence-corrected chi connectivity index (χ3v) is 2.60. The normalized spacial score (nSPS) is 10.6. The summed E-state index contributed by atoms with van der Waals surface area (Å²) in [5, 5.41) is 1.34. The molecule has 1 aromatic carbocycles. The third kappa shape index (κ3) is 1.35. The van der Waals surface area contributed by atoms with E-state index in [1.165, 1.54) is 22.2 Å². The maximum Gasteiger partial charge on any atom is 0.0459 e. The maximum atomic E-state index is 3.80. The number of fused-ring (bicyclic) bond motifs is 1. The van der Waals surface area contributed by atoms with E-state index in [1.807, 2.05) is 6.08 Å². The van der Waals surface area contributed by atoms with Gasteiger partial charge in [-0.25, -0.2) is 0 Å². The monoisotopic (exact) mass is 185 g/mol. The molecule has 0 saturated carbocycles. The number of benzene rings is 1. The van der Waals surface area contributed by atoms with E-state index in [0.29, 0.717) is 0 Å². The summed E-state index contributed by atoms with van der Waals surface area (Å²) >= 11 is 0. The van der Waals surface area contributed by atoms with Gasteiger partial charge in [0.25, 0.3) is 0 Å². The van der Waals surface area contributed by atoms with Crippen LogP contribution in [0.5, 0.6) is 0 Å². The second-order valence-corrected chi connectivity index (χ2v) is 3.47. The molecule has 0 bridgehead atoms. The van der Waals surface area contributed by atoms with Crippen LogP contribution >= 0.6 is 0 Å². The van der Waals surface area contributed by atoms with Gasteiger partial charge < -0.3 is 4.98 Å². The number of H-pyrrole nitrogens is 1. The summed E-state index contributed by atoms with van der Waals surface area (Å²) in [7, 11) is 0. The van der Waals surface area contributed by atoms with Crippen LogP contribution in [-0.4, -0.2) is 4.98 Å². The average Bonchev–Trinajstić information content (AvgIpc) is 2.58. The number of nitrogens with one attached hydrogen (secondary N) is 1. The molecule has 0 atom stereocenters. The van der Waals surface area contributed by atoms with Gasteiger partial charge in [0.1, 0.15) is 0 Å². The highest BCUT2D eigenvalue weighted by molar-refractivity contribution is 5.84. The number of aromatic nitrogens is 1. The van der Waals surface area contributed by atoms with Crippen LogP contribution in [0.15, 0.2) is 36.9 Å². The first kappa shape index (κ1) is 9.07. The van der Waals surface area contributed by atoms with Gasteiger partial charge in [-0.3, -0.25) is 0 Å². The molecule has 0 aliphatic carbocycles. The zero-order valence-corrected chi connectivity index (χ0v) is 8.51. The second-order valence-electron chi connectivity index (χ2n) is 3.47. The highest BCUT2D eigenvalue weighted by Crippen LogP contribution is 2.23. The molecule has 1 heterocycles. The number of para-hydroxylation sites is 1. The molecule has 0 spiro atoms. The molecular formula is C13H15N. The van der Waals surface area contributed by atoms with Crippen molar-refractivity contribution >= 4 is 10.9 Å². The summed E-state index contributed by atoms with van der Waals surface area (Å²) in [6.07, 6.45) is 3.97. The fourth-order valence-corrected chi connectivity index (χ4v) is 1.94. The van der Waals surface area contributed by atoms with E-state index in [9.17, 15) is 0 Å². The number of rotatable bonds is 3. The minimum atomic E-state index is 0.952. The first-order valence-corrected chi connectivity index (χ1v) is 5.06. The smallest absolute Gasteiger partial charge is 0.0459 e. The number of aromatic amines is 1. The predicted octanol–water partition coefficient (Wildman–Crippen LogP) is 3.46. The number of hydrogen-bond donors (Lipinski definition) is 1. The fraction of sp³-hybridized carbons (Fsp3) is 0.231. The van der Waals surface area contributed by atoms with E-state index in [0.717, 1.165) is 12.8 Å². The van der Waals surface area contributed by atoms with Crippen LogP contribution in [0, 0.1) is 0 Å². The van der Waals surface area contributed by atoms with Crippen molar-refractivity contribution in [3.8, 4) is 0 Å². The predicted molar refractivity (Wildman–Crippen MR) is 61.6 cm³/mol. The van der Waals surface area contributed by atoms with E-state index in [4.69, 9.17) is 0 Å². The minimum Gasteiger partial charge on any atom is -0.358 e. The van der Waals surface area contributed by atoms with Crippen LogP contribution in [0.25, 0.3) is 10.9 Å². The van der Waals surface area contributed by atoms with Crippen molar-refractivity contribution in [1.29, 1.82) is 0 Å². The average molecular weight is 185 g/mol. The Kier molecular flexibility index (Phi) is 2.40. The van der Waals surface area contributed by atoms with Crippen molar-refractivity contribution in [2.24, 2.45) is 0 Å². The Hall–Kier alpha value is -1.50. The molecule has 0 fully saturated rings. The Morgan fingerprint density at radius 2 is 2.14 bits per heavy atom. The minimum absolute atomic E-state index is 0.952. The van der Waals surface area contributed by atoms with Gasteiger partial charge in [0.05, 0.1) is 0 Å². The Balaban J connectivity index is 2.67. The summed E-state index contributed by atoms with van der Waals surface area (Å²) in [5.74, 6) is 0. The zero-order valence-electron chi connectivity index (χ0n) is 8.51. The Labute approximate surface area is 84.5 Å². The van der Waals surface area contributed by atoms with Gasteiger partial charge in [-0.2, -0.15) is 0 Å². The molecule has 0 unspecified atom stereocenters. The van der Waals surface area contributed by atoms with Crippen molar-refractivity contribution in [3.63, 3.8) is 0 Å². The van der Waals surface area contributed by atoms with Crippen molar-refractivity contribution < 1.29 is 0 Å². The van der Waals surface area contributed by atoms with Crippen LogP contribution < -0.4 is 0 Å². The molecule has 0 saturated heterocycles. The molecular weight excluding hydrogens is 170 g/mol. The van der Waals surface area contributed by atoms with Crippen molar-refractivity contribution in [3.05, 3.63) is 48.2 Å². The van der Waals surface area contributed by atoms with Gasteiger partial charge in [-0.05, 0) is 24.5 Å². The first-order chi connectivity index (χ1) is 6.86. The van der Waals surface area contributed by atoms with Crippen LogP contribution in [0.4, 0.5) is 0 Å². The van der Waals surface area contributed by atoms with Gasteiger partial charge in [0, 0.05) is 16.6 Å². The number of aryl methyl sites for hydroxylation is 1. The quantitative estimate of drug-likeness (QED) is 0.705. The van der Waals surface area contributed by atoms with E-state index in [1.54, 1.807) is 0 Å². The lowest BCUT2D eigenvalue weighted by Crippen LogP contribution is -1.87. The van der Waals surface area contributed by atoms with Gasteiger partial charge in [-0.1, -0.05) is 31.2 Å². The van der Waals surface area contributed by atoms with Crippen molar-refractivity contribution in [2.75, 3.05) is 0 Å². The molecule has 1 aromatic heterocycles. The van der Waals surface area contributed by atoms with E-state index < -0.39 is 0 Å². The molecule has 72 valence electrons. The first-order valence-electron chi connectivity index (χ1n) is 5.06. The summed E-state index contributed by atoms with van der Waals surface area (Å²) in [5.41, 5.74) is 3.98. The Morgan fingerprint density at radius 1 is 1.36 bits per heavy atom. The maximum absolute atomic E-state index is 3.80. The Bertz CT molecular complexity index is 451. The summed E-state index contributed by atoms with van der Waals surface area (Å²) < 4.78 is 0. The third-order valence-electron chi connectivity index (χ3n) is 2.60. The molecule has 0 amide bonds. The highest BCUT2D eigenvalue weighted by atomic mass is 14.7. The molecule has 1 nitrogen and oxygen atoms in total. The van der Waals surface area contributed by atoms with Crippen LogP contribution in [0.2, 0.25) is 0 Å². The molecule has 2 rings (SSSR count). The van der Waals surface area contributed by atoms with Crippen molar-refractivity contribution in [2.45, 2.75) is 19.8 Å². The summed E-state index contributed by atoms with van der Waals surface area (Å²) in [4.78, 5) is 3.45. The van der Waals surface area contributed by atoms with Gasteiger partial charge in [0.2, 0.25) is 0 Å². The van der Waals surface area contributed by atoms with Gasteiger partial charge in [0.15, 0.2) is 0 Å². The summed E-state index contributed by atoms with van der Waals surface area (Å²) in [6.45, 7) is 5.98. The lowest BCUT2D eigenvalue weighted by molar-refractivity contribution is 1.03. The molecule has 1 N–H and O–H groups in total. The lowest BCUT2D eigenvalue weighted by Gasteiger charge is -1.97. The van der Waals surface area contributed by atoms with Crippen molar-refractivity contribution in [1.82, 2.24) is 4.98 Å². The highest BCUT2D eigenvalue weighted by Gasteiger charge is 2.07. The SMILES string of the molecule is C=CCc1c(CC)[nH]c2ccccc12. The molecule has 0 radical (unpaired) electrons. The number of hydrogen-bond acceptors (Lipinski definition) is 0. The zero-order chi connectivity index (χ0) is 9.97. The topological polar surface area (TPSA) is 15.8 Å². The second kappa shape index (κ2) is 3.70. The van der Waals surface area contributed by atoms with Crippen LogP contribution in [0.1, 0.15) is 18.2 Å². The Morgan fingerprint density at radius 3 is 2.86 bits per heavy atom. The van der Waals surface area contributed by atoms with Gasteiger partial charge in [-0.15, -0.1) is 6.58 Å². The fourth-order valence-electron chi connectivity index (χ4n) is 1.94. The van der Waals surface area contributed by atoms with Gasteiger partial charge >= 0.3 is 0 Å². The molecule has 0 aliphatic rings. The van der Waals surface area contributed by atoms with Crippen LogP contribution in [-0.2, 0) is 12.8 Å². The standard InChI is InChI=1S/C13H15N/c1-3-7-10-11-8-5-6-9-13(11)14-12(10)4-2/h3,5-6,8-9,14H,1,4,7H2,2H3. The largest absolute Gasteiger partial charge is 0.358 e. The number of allylic oxidation sites excluding steroid dienone is 1. The lowest BCUT2D eigenvalue weighted by atomic mass is 10.1.